The molecule has 2 saturated carbocycles. The Kier molecular flexibility index (Phi) is 8.03. The standard InChI is InChI=1S/C27H42N4O4/c1-29(2)27(22-8-5-4-6-9-22)12-10-26(11-13-27)20-30(25(34)31(26)14-7-15-35-3)19-24(33)28-18-21-16-23(32)17-21/h4-6,8-9,21,23,32H,7,10-20H2,1-3H3,(H,28,33)/t21-,23-,26-,27+. The molecule has 0 radical (unpaired) electrons. The molecule has 8 heteroatoms. The van der Waals surface area contributed by atoms with Gasteiger partial charge >= 0.3 is 6.03 Å². The number of benzene rings is 1. The van der Waals surface area contributed by atoms with Crippen LogP contribution < -0.4 is 5.32 Å². The van der Waals surface area contributed by atoms with Crippen LogP contribution >= 0.6 is 0 Å². The van der Waals surface area contributed by atoms with Gasteiger partial charge in [0.15, 0.2) is 0 Å². The molecule has 1 saturated heterocycles. The van der Waals surface area contributed by atoms with E-state index in [0.29, 0.717) is 32.2 Å². The van der Waals surface area contributed by atoms with E-state index >= 15 is 0 Å². The molecule has 2 N–H and O–H groups in total. The van der Waals surface area contributed by atoms with Gasteiger partial charge in [0, 0.05) is 38.9 Å². The Morgan fingerprint density at radius 2 is 1.86 bits per heavy atom. The van der Waals surface area contributed by atoms with Gasteiger partial charge in [-0.25, -0.2) is 4.79 Å². The average Bonchev–Trinajstić information content (AvgIpc) is 3.07. The van der Waals surface area contributed by atoms with Crippen molar-refractivity contribution in [1.82, 2.24) is 20.0 Å². The van der Waals surface area contributed by atoms with Crippen LogP contribution in [0, 0.1) is 5.92 Å². The van der Waals surface area contributed by atoms with Crippen LogP contribution in [0.1, 0.15) is 50.5 Å². The second kappa shape index (κ2) is 10.8. The minimum Gasteiger partial charge on any atom is -0.393 e. The number of hydrogen-bond donors (Lipinski definition) is 2. The van der Waals surface area contributed by atoms with Crippen molar-refractivity contribution >= 4 is 11.9 Å². The Hall–Kier alpha value is -2.16. The van der Waals surface area contributed by atoms with Crippen LogP contribution in [-0.2, 0) is 15.1 Å². The summed E-state index contributed by atoms with van der Waals surface area (Å²) in [6, 6.07) is 10.7. The van der Waals surface area contributed by atoms with Gasteiger partial charge in [-0.1, -0.05) is 30.3 Å². The number of nitrogens with zero attached hydrogens (tertiary/aromatic N) is 3. The highest BCUT2D eigenvalue weighted by molar-refractivity contribution is 5.86. The number of aliphatic hydroxyl groups is 1. The SMILES string of the molecule is COCCCN1C(=O)N(CC(=O)NC[C@H]2C[C@H](O)C2)C[C@]12CC[C@](c1ccccc1)(N(C)C)CC2. The topological polar surface area (TPSA) is 85.3 Å². The smallest absolute Gasteiger partial charge is 0.321 e. The van der Waals surface area contributed by atoms with Crippen LogP contribution in [0.4, 0.5) is 4.79 Å². The second-order valence-corrected chi connectivity index (χ2v) is 10.9. The van der Waals surface area contributed by atoms with E-state index in [0.717, 1.165) is 44.9 Å². The Bertz CT molecular complexity index is 863. The van der Waals surface area contributed by atoms with Gasteiger partial charge < -0.3 is 25.0 Å². The zero-order chi connectivity index (χ0) is 25.1. The maximum absolute atomic E-state index is 13.5. The van der Waals surface area contributed by atoms with Crippen molar-refractivity contribution in [2.45, 2.75) is 62.1 Å². The molecule has 1 heterocycles. The molecular weight excluding hydrogens is 444 g/mol. The van der Waals surface area contributed by atoms with E-state index in [4.69, 9.17) is 4.74 Å². The number of rotatable bonds is 10. The minimum atomic E-state index is -0.253. The van der Waals surface area contributed by atoms with Crippen molar-refractivity contribution in [3.05, 3.63) is 35.9 Å². The van der Waals surface area contributed by atoms with Crippen LogP contribution in [0.25, 0.3) is 0 Å². The molecule has 8 nitrogen and oxygen atoms in total. The second-order valence-electron chi connectivity index (χ2n) is 10.9. The van der Waals surface area contributed by atoms with E-state index in [1.807, 2.05) is 4.90 Å². The maximum Gasteiger partial charge on any atom is 0.321 e. The lowest BCUT2D eigenvalue weighted by Gasteiger charge is -2.51. The summed E-state index contributed by atoms with van der Waals surface area (Å²) < 4.78 is 5.26. The van der Waals surface area contributed by atoms with Gasteiger partial charge in [-0.15, -0.1) is 0 Å². The highest BCUT2D eigenvalue weighted by atomic mass is 16.5. The largest absolute Gasteiger partial charge is 0.393 e. The van der Waals surface area contributed by atoms with Gasteiger partial charge in [0.25, 0.3) is 0 Å². The molecule has 2 aliphatic carbocycles. The van der Waals surface area contributed by atoms with Gasteiger partial charge in [-0.3, -0.25) is 9.69 Å². The lowest BCUT2D eigenvalue weighted by atomic mass is 9.68. The van der Waals surface area contributed by atoms with Gasteiger partial charge in [0.05, 0.1) is 11.6 Å². The van der Waals surface area contributed by atoms with Gasteiger partial charge in [0.1, 0.15) is 6.54 Å². The quantitative estimate of drug-likeness (QED) is 0.496. The summed E-state index contributed by atoms with van der Waals surface area (Å²) in [6.07, 6.45) is 5.76. The number of amides is 3. The van der Waals surface area contributed by atoms with Crippen molar-refractivity contribution in [1.29, 1.82) is 0 Å². The summed E-state index contributed by atoms with van der Waals surface area (Å²) in [7, 11) is 5.99. The molecule has 194 valence electrons. The summed E-state index contributed by atoms with van der Waals surface area (Å²) >= 11 is 0. The molecular formula is C27H42N4O4. The summed E-state index contributed by atoms with van der Waals surface area (Å²) in [5, 5.41) is 12.4. The van der Waals surface area contributed by atoms with Crippen molar-refractivity contribution in [3.63, 3.8) is 0 Å². The number of hydrogen-bond acceptors (Lipinski definition) is 5. The van der Waals surface area contributed by atoms with Crippen LogP contribution in [0.3, 0.4) is 0 Å². The lowest BCUT2D eigenvalue weighted by molar-refractivity contribution is -0.122. The van der Waals surface area contributed by atoms with E-state index in [-0.39, 0.29) is 35.7 Å². The number of methoxy groups -OCH3 is 1. The Morgan fingerprint density at radius 1 is 1.17 bits per heavy atom. The first-order valence-corrected chi connectivity index (χ1v) is 13.0. The average molecular weight is 487 g/mol. The summed E-state index contributed by atoms with van der Waals surface area (Å²) in [4.78, 5) is 32.3. The molecule has 4 rings (SSSR count). The first-order chi connectivity index (χ1) is 16.8. The van der Waals surface area contributed by atoms with Crippen LogP contribution in [0.2, 0.25) is 0 Å². The van der Waals surface area contributed by atoms with Crippen molar-refractivity contribution in [2.75, 3.05) is 54.0 Å². The molecule has 3 aliphatic rings. The maximum atomic E-state index is 13.5. The number of carbonyl (C=O) groups is 2. The fourth-order valence-corrected chi connectivity index (χ4v) is 6.36. The first kappa shape index (κ1) is 25.9. The highest BCUT2D eigenvalue weighted by Gasteiger charge is 2.54. The third-order valence-electron chi connectivity index (χ3n) is 8.60. The van der Waals surface area contributed by atoms with Crippen LogP contribution in [0.15, 0.2) is 30.3 Å². The first-order valence-electron chi connectivity index (χ1n) is 13.0. The molecule has 1 spiro atoms. The Morgan fingerprint density at radius 3 is 2.46 bits per heavy atom. The molecule has 0 atom stereocenters. The van der Waals surface area contributed by atoms with E-state index in [2.05, 4.69) is 54.6 Å². The zero-order valence-electron chi connectivity index (χ0n) is 21.5. The number of carbonyl (C=O) groups excluding carboxylic acids is 2. The molecule has 1 aromatic carbocycles. The molecule has 0 bridgehead atoms. The molecule has 0 unspecified atom stereocenters. The lowest BCUT2D eigenvalue weighted by Crippen LogP contribution is -2.55. The number of urea groups is 1. The molecule has 1 aliphatic heterocycles. The van der Waals surface area contributed by atoms with Crippen molar-refractivity contribution in [3.8, 4) is 0 Å². The Balaban J connectivity index is 1.45. The summed E-state index contributed by atoms with van der Waals surface area (Å²) in [5.74, 6) is 0.229. The van der Waals surface area contributed by atoms with Crippen LogP contribution in [-0.4, -0.2) is 97.4 Å². The van der Waals surface area contributed by atoms with E-state index in [1.165, 1.54) is 5.56 Å². The van der Waals surface area contributed by atoms with Gasteiger partial charge in [0.2, 0.25) is 5.91 Å². The monoisotopic (exact) mass is 486 g/mol. The van der Waals surface area contributed by atoms with E-state index in [9.17, 15) is 14.7 Å². The highest BCUT2D eigenvalue weighted by Crippen LogP contribution is 2.48. The fourth-order valence-electron chi connectivity index (χ4n) is 6.36. The van der Waals surface area contributed by atoms with Crippen molar-refractivity contribution in [2.24, 2.45) is 5.92 Å². The Labute approximate surface area is 209 Å². The molecule has 3 amide bonds. The van der Waals surface area contributed by atoms with Crippen LogP contribution in [0.5, 0.6) is 0 Å². The molecule has 3 fully saturated rings. The predicted molar refractivity (Wildman–Crippen MR) is 135 cm³/mol. The third-order valence-corrected chi connectivity index (χ3v) is 8.60. The zero-order valence-corrected chi connectivity index (χ0v) is 21.5. The van der Waals surface area contributed by atoms with Crippen molar-refractivity contribution < 1.29 is 19.4 Å². The number of ether oxygens (including phenoxy) is 1. The minimum absolute atomic E-state index is 0.0348. The third kappa shape index (κ3) is 5.34. The molecule has 0 aromatic heterocycles. The van der Waals surface area contributed by atoms with Gasteiger partial charge in [-0.2, -0.15) is 0 Å². The number of nitrogens with one attached hydrogen (secondary N) is 1. The summed E-state index contributed by atoms with van der Waals surface area (Å²) in [6.45, 7) is 2.51. The predicted octanol–water partition coefficient (Wildman–Crippen LogP) is 2.42. The summed E-state index contributed by atoms with van der Waals surface area (Å²) in [5.41, 5.74) is 1.02. The normalized spacial score (nSPS) is 30.7. The molecule has 1 aromatic rings. The number of aliphatic hydroxyl groups excluding tert-OH is 1. The van der Waals surface area contributed by atoms with Gasteiger partial charge in [-0.05, 0) is 70.5 Å². The van der Waals surface area contributed by atoms with E-state index < -0.39 is 0 Å². The fraction of sp³-hybridized carbons (Fsp3) is 0.704. The van der Waals surface area contributed by atoms with E-state index in [1.54, 1.807) is 12.0 Å². The molecule has 35 heavy (non-hydrogen) atoms.